The number of hydrogen-bond donors (Lipinski definition) is 1. The van der Waals surface area contributed by atoms with Crippen molar-refractivity contribution in [2.24, 2.45) is 5.41 Å². The lowest BCUT2D eigenvalue weighted by Crippen LogP contribution is -2.29. The molecule has 1 rings (SSSR count). The fourth-order valence-corrected chi connectivity index (χ4v) is 1.12. The minimum Gasteiger partial charge on any atom is -0.310 e. The number of pyridine rings is 1. The van der Waals surface area contributed by atoms with Gasteiger partial charge in [-0.2, -0.15) is 0 Å². The summed E-state index contributed by atoms with van der Waals surface area (Å²) in [6.07, 6.45) is -1.81. The second-order valence-corrected chi connectivity index (χ2v) is 4.77. The summed E-state index contributed by atoms with van der Waals surface area (Å²) < 4.78 is 24.8. The molecule has 18 heavy (non-hydrogen) atoms. The predicted octanol–water partition coefficient (Wildman–Crippen LogP) is 2.51. The van der Waals surface area contributed by atoms with E-state index in [1.807, 2.05) is 0 Å². The van der Waals surface area contributed by atoms with Crippen LogP contribution in [0.25, 0.3) is 0 Å². The van der Waals surface area contributed by atoms with E-state index >= 15 is 0 Å². The van der Waals surface area contributed by atoms with Gasteiger partial charge in [-0.3, -0.25) is 9.59 Å². The lowest BCUT2D eigenvalue weighted by molar-refractivity contribution is -0.123. The highest BCUT2D eigenvalue weighted by atomic mass is 19.3. The number of nitrogens with zero attached hydrogens (tertiary/aromatic N) is 1. The van der Waals surface area contributed by atoms with Crippen molar-refractivity contribution in [3.8, 4) is 0 Å². The Bertz CT molecular complexity index is 467. The zero-order valence-electron chi connectivity index (χ0n) is 10.3. The topological polar surface area (TPSA) is 59.1 Å². The maximum atomic E-state index is 12.4. The number of Topliss-reactive ketones (excluding diaryl/α,β-unsaturated/α-hetero) is 1. The van der Waals surface area contributed by atoms with Crippen LogP contribution in [0, 0.1) is 5.41 Å². The molecule has 0 fully saturated rings. The van der Waals surface area contributed by atoms with Crippen molar-refractivity contribution in [2.45, 2.75) is 27.2 Å². The van der Waals surface area contributed by atoms with Crippen LogP contribution in [0.2, 0.25) is 0 Å². The molecule has 4 nitrogen and oxygen atoms in total. The number of halogens is 2. The van der Waals surface area contributed by atoms with E-state index < -0.39 is 23.5 Å². The number of alkyl halides is 2. The third-order valence-electron chi connectivity index (χ3n) is 2.18. The average molecular weight is 256 g/mol. The minimum atomic E-state index is -3.13. The zero-order valence-corrected chi connectivity index (χ0v) is 10.3. The molecule has 1 aromatic heterocycles. The van der Waals surface area contributed by atoms with Crippen LogP contribution in [0.5, 0.6) is 0 Å². The maximum Gasteiger partial charge on any atom is 0.300 e. The molecule has 0 aliphatic heterocycles. The molecule has 1 aromatic rings. The van der Waals surface area contributed by atoms with Gasteiger partial charge >= 0.3 is 6.43 Å². The van der Waals surface area contributed by atoms with Gasteiger partial charge in [0.1, 0.15) is 5.82 Å². The third-order valence-corrected chi connectivity index (χ3v) is 2.18. The molecule has 0 saturated carbocycles. The quantitative estimate of drug-likeness (QED) is 0.845. The Morgan fingerprint density at radius 1 is 1.33 bits per heavy atom. The van der Waals surface area contributed by atoms with Crippen molar-refractivity contribution in [3.05, 3.63) is 23.9 Å². The molecule has 1 heterocycles. The molecule has 6 heteroatoms. The molecule has 0 radical (unpaired) electrons. The Hall–Kier alpha value is -1.85. The first-order valence-electron chi connectivity index (χ1n) is 5.32. The van der Waals surface area contributed by atoms with E-state index in [9.17, 15) is 18.4 Å². The Labute approximate surface area is 103 Å². The Kier molecular flexibility index (Phi) is 4.11. The first kappa shape index (κ1) is 14.2. The largest absolute Gasteiger partial charge is 0.310 e. The highest BCUT2D eigenvalue weighted by Gasteiger charge is 2.26. The summed E-state index contributed by atoms with van der Waals surface area (Å²) in [5.41, 5.74) is -0.993. The van der Waals surface area contributed by atoms with E-state index in [-0.39, 0.29) is 11.4 Å². The van der Waals surface area contributed by atoms with E-state index in [4.69, 9.17) is 0 Å². The van der Waals surface area contributed by atoms with Gasteiger partial charge in [0.15, 0.2) is 0 Å². The molecule has 0 aromatic carbocycles. The standard InChI is InChI=1S/C12H14F2N2O2/c1-12(2,3)11(18)16-10-7(5-4-6-15-10)8(17)9(13)14/h4-6,9H,1-3H3,(H,15,16,18). The normalized spacial score (nSPS) is 11.4. The summed E-state index contributed by atoms with van der Waals surface area (Å²) >= 11 is 0. The summed E-state index contributed by atoms with van der Waals surface area (Å²) in [6.45, 7) is 5.00. The third kappa shape index (κ3) is 3.32. The molecule has 0 spiro atoms. The van der Waals surface area contributed by atoms with Crippen molar-refractivity contribution < 1.29 is 18.4 Å². The number of anilines is 1. The van der Waals surface area contributed by atoms with E-state index in [2.05, 4.69) is 10.3 Å². The van der Waals surface area contributed by atoms with E-state index in [0.29, 0.717) is 0 Å². The smallest absolute Gasteiger partial charge is 0.300 e. The van der Waals surface area contributed by atoms with Crippen LogP contribution in [0.15, 0.2) is 18.3 Å². The van der Waals surface area contributed by atoms with Gasteiger partial charge in [-0.15, -0.1) is 0 Å². The van der Waals surface area contributed by atoms with Crippen LogP contribution < -0.4 is 5.32 Å². The van der Waals surface area contributed by atoms with Gasteiger partial charge in [-0.1, -0.05) is 20.8 Å². The first-order valence-corrected chi connectivity index (χ1v) is 5.32. The number of amides is 1. The molecule has 0 aliphatic carbocycles. The number of rotatable bonds is 3. The molecule has 0 aliphatic rings. The first-order chi connectivity index (χ1) is 8.23. The lowest BCUT2D eigenvalue weighted by atomic mass is 9.95. The molecule has 0 unspecified atom stereocenters. The SMILES string of the molecule is CC(C)(C)C(=O)Nc1ncccc1C(=O)C(F)F. The van der Waals surface area contributed by atoms with Crippen molar-refractivity contribution in [1.82, 2.24) is 4.98 Å². The zero-order chi connectivity index (χ0) is 13.9. The fourth-order valence-electron chi connectivity index (χ4n) is 1.12. The number of carbonyl (C=O) groups is 2. The van der Waals surface area contributed by atoms with E-state index in [1.165, 1.54) is 18.3 Å². The van der Waals surface area contributed by atoms with Gasteiger partial charge in [0.2, 0.25) is 11.7 Å². The monoisotopic (exact) mass is 256 g/mol. The number of carbonyl (C=O) groups excluding carboxylic acids is 2. The van der Waals surface area contributed by atoms with Crippen LogP contribution in [0.4, 0.5) is 14.6 Å². The summed E-state index contributed by atoms with van der Waals surface area (Å²) in [5, 5.41) is 2.38. The van der Waals surface area contributed by atoms with Gasteiger partial charge in [-0.05, 0) is 12.1 Å². The van der Waals surface area contributed by atoms with E-state index in [1.54, 1.807) is 20.8 Å². The van der Waals surface area contributed by atoms with Gasteiger partial charge in [0.25, 0.3) is 0 Å². The van der Waals surface area contributed by atoms with Gasteiger partial charge in [-0.25, -0.2) is 13.8 Å². The molecule has 98 valence electrons. The molecular formula is C12H14F2N2O2. The van der Waals surface area contributed by atoms with Crippen molar-refractivity contribution in [1.29, 1.82) is 0 Å². The van der Waals surface area contributed by atoms with Crippen LogP contribution >= 0.6 is 0 Å². The van der Waals surface area contributed by atoms with Crippen LogP contribution in [-0.4, -0.2) is 23.1 Å². The highest BCUT2D eigenvalue weighted by Crippen LogP contribution is 2.20. The molecule has 1 amide bonds. The Morgan fingerprint density at radius 2 is 1.94 bits per heavy atom. The number of aromatic nitrogens is 1. The van der Waals surface area contributed by atoms with E-state index in [0.717, 1.165) is 0 Å². The molecule has 0 atom stereocenters. The average Bonchev–Trinajstić information content (AvgIpc) is 2.27. The van der Waals surface area contributed by atoms with Crippen molar-refractivity contribution >= 4 is 17.5 Å². The Morgan fingerprint density at radius 3 is 2.44 bits per heavy atom. The Balaban J connectivity index is 3.04. The predicted molar refractivity (Wildman–Crippen MR) is 62.7 cm³/mol. The van der Waals surface area contributed by atoms with Crippen LogP contribution in [0.3, 0.4) is 0 Å². The van der Waals surface area contributed by atoms with Crippen molar-refractivity contribution in [3.63, 3.8) is 0 Å². The number of nitrogens with one attached hydrogen (secondary N) is 1. The second-order valence-electron chi connectivity index (χ2n) is 4.77. The highest BCUT2D eigenvalue weighted by molar-refractivity contribution is 6.05. The summed E-state index contributed by atoms with van der Waals surface area (Å²) in [6, 6.07) is 2.57. The minimum absolute atomic E-state index is 0.136. The number of ketones is 1. The molecular weight excluding hydrogens is 242 g/mol. The van der Waals surface area contributed by atoms with Gasteiger partial charge in [0, 0.05) is 11.6 Å². The summed E-state index contributed by atoms with van der Waals surface area (Å²) in [4.78, 5) is 26.7. The lowest BCUT2D eigenvalue weighted by Gasteiger charge is -2.18. The van der Waals surface area contributed by atoms with Gasteiger partial charge in [0.05, 0.1) is 5.56 Å². The van der Waals surface area contributed by atoms with Crippen molar-refractivity contribution in [2.75, 3.05) is 5.32 Å². The maximum absolute atomic E-state index is 12.4. The van der Waals surface area contributed by atoms with Crippen LogP contribution in [0.1, 0.15) is 31.1 Å². The second kappa shape index (κ2) is 5.20. The number of hydrogen-bond acceptors (Lipinski definition) is 3. The molecule has 1 N–H and O–H groups in total. The molecule has 0 saturated heterocycles. The summed E-state index contributed by atoms with van der Waals surface area (Å²) in [5.74, 6) is -1.89. The van der Waals surface area contributed by atoms with Crippen LogP contribution in [-0.2, 0) is 4.79 Å². The fraction of sp³-hybridized carbons (Fsp3) is 0.417. The summed E-state index contributed by atoms with van der Waals surface area (Å²) in [7, 11) is 0. The van der Waals surface area contributed by atoms with Gasteiger partial charge < -0.3 is 5.32 Å². The molecule has 0 bridgehead atoms.